The number of alkyl halides is 3. The highest BCUT2D eigenvalue weighted by molar-refractivity contribution is 9.10. The van der Waals surface area contributed by atoms with Crippen LogP contribution in [0.25, 0.3) is 5.52 Å². The molecule has 2 N–H and O–H groups in total. The molecule has 5 nitrogen and oxygen atoms in total. The Morgan fingerprint density at radius 3 is 2.86 bits per heavy atom. The summed E-state index contributed by atoms with van der Waals surface area (Å²) in [4.78, 5) is 5.72. The van der Waals surface area contributed by atoms with E-state index in [0.717, 1.165) is 5.56 Å². The van der Waals surface area contributed by atoms with Crippen LogP contribution >= 0.6 is 15.9 Å². The van der Waals surface area contributed by atoms with Crippen LogP contribution in [-0.4, -0.2) is 38.8 Å². The van der Waals surface area contributed by atoms with Crippen LogP contribution in [0.5, 0.6) is 0 Å². The van der Waals surface area contributed by atoms with Crippen LogP contribution < -0.4 is 5.73 Å². The van der Waals surface area contributed by atoms with E-state index in [1.165, 1.54) is 6.33 Å². The summed E-state index contributed by atoms with van der Waals surface area (Å²) >= 11 is 3.36. The van der Waals surface area contributed by atoms with E-state index in [4.69, 9.17) is 5.73 Å². The van der Waals surface area contributed by atoms with Crippen LogP contribution in [-0.2, 0) is 6.54 Å². The van der Waals surface area contributed by atoms with E-state index in [1.807, 2.05) is 6.07 Å². The predicted molar refractivity (Wildman–Crippen MR) is 74.5 cm³/mol. The van der Waals surface area contributed by atoms with Gasteiger partial charge in [-0.2, -0.15) is 18.3 Å². The first-order chi connectivity index (χ1) is 9.86. The monoisotopic (exact) mass is 363 g/mol. The summed E-state index contributed by atoms with van der Waals surface area (Å²) in [5.74, 6) is -0.930. The Labute approximate surface area is 127 Å². The molecule has 1 unspecified atom stereocenters. The minimum atomic E-state index is -4.12. The fourth-order valence-corrected chi connectivity index (χ4v) is 3.25. The van der Waals surface area contributed by atoms with Gasteiger partial charge in [0.25, 0.3) is 0 Å². The van der Waals surface area contributed by atoms with E-state index in [9.17, 15) is 13.2 Å². The Kier molecular flexibility index (Phi) is 3.56. The van der Waals surface area contributed by atoms with Gasteiger partial charge >= 0.3 is 6.18 Å². The topological polar surface area (TPSA) is 59.4 Å². The number of anilines is 1. The first-order valence-corrected chi connectivity index (χ1v) is 7.21. The lowest BCUT2D eigenvalue weighted by Crippen LogP contribution is -2.27. The third-order valence-corrected chi connectivity index (χ3v) is 4.31. The molecule has 0 aromatic carbocycles. The van der Waals surface area contributed by atoms with Gasteiger partial charge in [0.15, 0.2) is 5.82 Å². The first kappa shape index (κ1) is 14.6. The Morgan fingerprint density at radius 2 is 2.19 bits per heavy atom. The standard InChI is InChI=1S/C12H13BrF3N5/c13-9-3-7(10-11(17)18-6-19-21(9)10)4-20-2-1-8(5-20)12(14,15)16/h3,6,8H,1-2,4-5H2,(H2,17,18,19). The minimum Gasteiger partial charge on any atom is -0.382 e. The number of nitrogen functional groups attached to an aromatic ring is 1. The highest BCUT2D eigenvalue weighted by Gasteiger charge is 2.43. The molecule has 0 radical (unpaired) electrons. The van der Waals surface area contributed by atoms with Gasteiger partial charge in [0.1, 0.15) is 16.4 Å². The summed E-state index contributed by atoms with van der Waals surface area (Å²) in [5, 5.41) is 4.07. The number of nitrogens with two attached hydrogens (primary N) is 1. The number of fused-ring (bicyclic) bond motifs is 1. The lowest BCUT2D eigenvalue weighted by Gasteiger charge is -2.17. The second kappa shape index (κ2) is 5.13. The van der Waals surface area contributed by atoms with E-state index >= 15 is 0 Å². The maximum atomic E-state index is 12.7. The van der Waals surface area contributed by atoms with Crippen LogP contribution in [0.2, 0.25) is 0 Å². The van der Waals surface area contributed by atoms with E-state index < -0.39 is 12.1 Å². The summed E-state index contributed by atoms with van der Waals surface area (Å²) in [7, 11) is 0. The van der Waals surface area contributed by atoms with Crippen LogP contribution in [0, 0.1) is 5.92 Å². The van der Waals surface area contributed by atoms with Gasteiger partial charge < -0.3 is 5.73 Å². The quantitative estimate of drug-likeness (QED) is 0.890. The molecule has 114 valence electrons. The van der Waals surface area contributed by atoms with Gasteiger partial charge in [0.2, 0.25) is 0 Å². The van der Waals surface area contributed by atoms with Crippen molar-refractivity contribution in [2.75, 3.05) is 18.8 Å². The third kappa shape index (κ3) is 2.71. The first-order valence-electron chi connectivity index (χ1n) is 6.42. The lowest BCUT2D eigenvalue weighted by molar-refractivity contribution is -0.170. The summed E-state index contributed by atoms with van der Waals surface area (Å²) in [5.41, 5.74) is 7.31. The van der Waals surface area contributed by atoms with Crippen molar-refractivity contribution >= 4 is 27.3 Å². The summed E-state index contributed by atoms with van der Waals surface area (Å²) < 4.78 is 40.4. The van der Waals surface area contributed by atoms with Crippen LogP contribution in [0.15, 0.2) is 17.0 Å². The Hall–Kier alpha value is -1.35. The number of halogens is 4. The van der Waals surface area contributed by atoms with Crippen molar-refractivity contribution < 1.29 is 13.2 Å². The van der Waals surface area contributed by atoms with Crippen LogP contribution in [0.1, 0.15) is 12.0 Å². The maximum Gasteiger partial charge on any atom is 0.393 e. The lowest BCUT2D eigenvalue weighted by atomic mass is 10.1. The normalized spacial score (nSPS) is 20.5. The molecule has 2 aromatic rings. The zero-order valence-corrected chi connectivity index (χ0v) is 12.5. The Morgan fingerprint density at radius 1 is 1.43 bits per heavy atom. The van der Waals surface area contributed by atoms with Gasteiger partial charge in [-0.3, -0.25) is 4.90 Å². The van der Waals surface area contributed by atoms with E-state index in [2.05, 4.69) is 26.0 Å². The molecule has 3 rings (SSSR count). The fourth-order valence-electron chi connectivity index (χ4n) is 2.71. The number of nitrogens with zero attached hydrogens (tertiary/aromatic N) is 4. The molecule has 1 atom stereocenters. The Balaban J connectivity index is 1.84. The van der Waals surface area contributed by atoms with Crippen LogP contribution in [0.4, 0.5) is 19.0 Å². The van der Waals surface area contributed by atoms with Crippen LogP contribution in [0.3, 0.4) is 0 Å². The molecule has 0 spiro atoms. The number of aromatic nitrogens is 3. The Bertz CT molecular complexity index is 669. The van der Waals surface area contributed by atoms with Crippen molar-refractivity contribution in [3.63, 3.8) is 0 Å². The molecule has 9 heteroatoms. The average Bonchev–Trinajstić information content (AvgIpc) is 2.97. The minimum absolute atomic E-state index is 0.0199. The molecule has 1 fully saturated rings. The van der Waals surface area contributed by atoms with E-state index in [0.29, 0.717) is 29.0 Å². The van der Waals surface area contributed by atoms with Crippen molar-refractivity contribution in [2.45, 2.75) is 19.1 Å². The van der Waals surface area contributed by atoms with Crippen molar-refractivity contribution in [2.24, 2.45) is 5.92 Å². The van der Waals surface area contributed by atoms with Crippen molar-refractivity contribution in [3.05, 3.63) is 22.6 Å². The van der Waals surface area contributed by atoms with Crippen molar-refractivity contribution in [1.82, 2.24) is 19.5 Å². The van der Waals surface area contributed by atoms with Gasteiger partial charge in [0, 0.05) is 13.1 Å². The summed E-state index contributed by atoms with van der Waals surface area (Å²) in [6, 6.07) is 1.82. The number of likely N-dealkylation sites (tertiary alicyclic amines) is 1. The second-order valence-electron chi connectivity index (χ2n) is 5.16. The molecule has 0 aliphatic carbocycles. The number of hydrogen-bond donors (Lipinski definition) is 1. The molecule has 1 saturated heterocycles. The number of hydrogen-bond acceptors (Lipinski definition) is 4. The highest BCUT2D eigenvalue weighted by Crippen LogP contribution is 2.34. The zero-order valence-electron chi connectivity index (χ0n) is 10.9. The molecule has 1 aliphatic heterocycles. The van der Waals surface area contributed by atoms with Gasteiger partial charge in [0.05, 0.1) is 5.92 Å². The largest absolute Gasteiger partial charge is 0.393 e. The van der Waals surface area contributed by atoms with Gasteiger partial charge in [-0.15, -0.1) is 0 Å². The third-order valence-electron chi connectivity index (χ3n) is 3.75. The molecule has 1 aliphatic rings. The van der Waals surface area contributed by atoms with Gasteiger partial charge in [-0.1, -0.05) is 0 Å². The fraction of sp³-hybridized carbons (Fsp3) is 0.500. The SMILES string of the molecule is Nc1ncnn2c(Br)cc(CN3CCC(C(F)(F)F)C3)c12. The second-order valence-corrected chi connectivity index (χ2v) is 5.97. The molecular weight excluding hydrogens is 351 g/mol. The van der Waals surface area contributed by atoms with Crippen molar-refractivity contribution in [3.8, 4) is 0 Å². The van der Waals surface area contributed by atoms with Crippen molar-refractivity contribution in [1.29, 1.82) is 0 Å². The van der Waals surface area contributed by atoms with Gasteiger partial charge in [-0.25, -0.2) is 9.50 Å². The molecule has 21 heavy (non-hydrogen) atoms. The smallest absolute Gasteiger partial charge is 0.382 e. The highest BCUT2D eigenvalue weighted by atomic mass is 79.9. The zero-order chi connectivity index (χ0) is 15.2. The van der Waals surface area contributed by atoms with E-state index in [-0.39, 0.29) is 13.0 Å². The molecule has 0 bridgehead atoms. The average molecular weight is 364 g/mol. The number of rotatable bonds is 2. The molecule has 2 aromatic heterocycles. The maximum absolute atomic E-state index is 12.7. The molecule has 0 amide bonds. The molecule has 3 heterocycles. The molecular formula is C12H13BrF3N5. The molecule has 0 saturated carbocycles. The van der Waals surface area contributed by atoms with E-state index in [1.54, 1.807) is 9.42 Å². The predicted octanol–water partition coefficient (Wildman–Crippen LogP) is 2.46. The van der Waals surface area contributed by atoms with Gasteiger partial charge in [-0.05, 0) is 40.5 Å². The summed E-state index contributed by atoms with van der Waals surface area (Å²) in [6.07, 6.45) is -2.64. The summed E-state index contributed by atoms with van der Waals surface area (Å²) in [6.45, 7) is 0.845.